The lowest BCUT2D eigenvalue weighted by molar-refractivity contribution is 0.0139. The zero-order valence-electron chi connectivity index (χ0n) is 18.5. The molecule has 2 aromatic rings. The predicted molar refractivity (Wildman–Crippen MR) is 120 cm³/mol. The molecule has 1 aliphatic carbocycles. The maximum Gasteiger partial charge on any atom is 0.323 e. The van der Waals surface area contributed by atoms with Gasteiger partial charge >= 0.3 is 6.03 Å². The van der Waals surface area contributed by atoms with Gasteiger partial charge in [-0.3, -0.25) is 10.2 Å². The van der Waals surface area contributed by atoms with E-state index in [1.807, 2.05) is 53.8 Å². The van der Waals surface area contributed by atoms with Crippen molar-refractivity contribution in [3.8, 4) is 5.69 Å². The Morgan fingerprint density at radius 2 is 1.94 bits per heavy atom. The number of carbonyl (C=O) groups excluding carboxylic acids is 1. The average Bonchev–Trinajstić information content (AvgIpc) is 3.58. The lowest BCUT2D eigenvalue weighted by Crippen LogP contribution is -2.52. The summed E-state index contributed by atoms with van der Waals surface area (Å²) in [6.45, 7) is 8.22. The molecule has 0 spiro atoms. The van der Waals surface area contributed by atoms with Crippen LogP contribution in [0.5, 0.6) is 0 Å². The minimum Gasteiger partial charge on any atom is -0.389 e. The summed E-state index contributed by atoms with van der Waals surface area (Å²) in [7, 11) is 0. The predicted octanol–water partition coefficient (Wildman–Crippen LogP) is 2.61. The van der Waals surface area contributed by atoms with Crippen molar-refractivity contribution in [2.45, 2.75) is 38.7 Å². The molecule has 2 amide bonds. The monoisotopic (exact) mass is 427 g/mol. The third kappa shape index (κ3) is 5.26. The van der Waals surface area contributed by atoms with Crippen molar-refractivity contribution in [3.63, 3.8) is 0 Å². The molecule has 2 fully saturated rings. The van der Waals surface area contributed by atoms with Crippen LogP contribution in [0.2, 0.25) is 0 Å². The fraction of sp³-hybridized carbons (Fsp3) is 0.565. The summed E-state index contributed by atoms with van der Waals surface area (Å²) < 4.78 is 7.15. The highest BCUT2D eigenvalue weighted by atomic mass is 16.5. The SMILES string of the molecule is CCOC[C@H](O)CN1CCN(C(=O)Nc2c(C)c(C3CC3)nn2-c2ccccc2)CC1. The number of hydrogen-bond donors (Lipinski definition) is 2. The number of nitrogens with zero attached hydrogens (tertiary/aromatic N) is 4. The van der Waals surface area contributed by atoms with Gasteiger partial charge in [-0.15, -0.1) is 0 Å². The molecule has 1 saturated heterocycles. The molecule has 2 aliphatic rings. The van der Waals surface area contributed by atoms with Gasteiger partial charge in [0.25, 0.3) is 0 Å². The summed E-state index contributed by atoms with van der Waals surface area (Å²) >= 11 is 0. The van der Waals surface area contributed by atoms with Crippen LogP contribution in [0, 0.1) is 6.92 Å². The number of aliphatic hydroxyl groups excluding tert-OH is 1. The van der Waals surface area contributed by atoms with Gasteiger partial charge in [0.2, 0.25) is 0 Å². The number of hydrogen-bond acceptors (Lipinski definition) is 5. The Hall–Kier alpha value is -2.42. The molecule has 0 bridgehead atoms. The molecule has 1 aromatic carbocycles. The standard InChI is InChI=1S/C23H33N5O3/c1-3-31-16-20(29)15-26-11-13-27(14-12-26)23(30)24-22-17(2)21(18-9-10-18)25-28(22)19-7-5-4-6-8-19/h4-8,18,20,29H,3,9-16H2,1-2H3,(H,24,30)/t20-/m1/s1. The Balaban J connectivity index is 1.40. The smallest absolute Gasteiger partial charge is 0.323 e. The van der Waals surface area contributed by atoms with E-state index in [1.54, 1.807) is 0 Å². The number of nitrogens with one attached hydrogen (secondary N) is 1. The molecule has 168 valence electrons. The third-order valence-corrected chi connectivity index (χ3v) is 5.99. The molecule has 1 aliphatic heterocycles. The molecule has 1 atom stereocenters. The van der Waals surface area contributed by atoms with Crippen molar-refractivity contribution < 1.29 is 14.6 Å². The topological polar surface area (TPSA) is 82.9 Å². The number of aliphatic hydroxyl groups is 1. The van der Waals surface area contributed by atoms with Crippen LogP contribution in [0.25, 0.3) is 5.69 Å². The van der Waals surface area contributed by atoms with Crippen LogP contribution in [0.1, 0.15) is 36.9 Å². The molecule has 31 heavy (non-hydrogen) atoms. The van der Waals surface area contributed by atoms with E-state index in [2.05, 4.69) is 10.2 Å². The maximum atomic E-state index is 13.1. The van der Waals surface area contributed by atoms with Crippen LogP contribution in [0.15, 0.2) is 30.3 Å². The fourth-order valence-corrected chi connectivity index (χ4v) is 4.08. The molecule has 1 saturated carbocycles. The Kier molecular flexibility index (Phi) is 6.89. The summed E-state index contributed by atoms with van der Waals surface area (Å²) in [5.41, 5.74) is 3.09. The van der Waals surface area contributed by atoms with Crippen molar-refractivity contribution in [3.05, 3.63) is 41.6 Å². The molecule has 0 unspecified atom stereocenters. The number of benzene rings is 1. The number of piperazine rings is 1. The van der Waals surface area contributed by atoms with E-state index in [-0.39, 0.29) is 6.03 Å². The number of carbonyl (C=O) groups is 1. The average molecular weight is 428 g/mol. The van der Waals surface area contributed by atoms with Gasteiger partial charge in [-0.05, 0) is 38.8 Å². The second-order valence-corrected chi connectivity index (χ2v) is 8.41. The number of aromatic nitrogens is 2. The lowest BCUT2D eigenvalue weighted by atomic mass is 10.2. The first-order valence-corrected chi connectivity index (χ1v) is 11.3. The first-order valence-electron chi connectivity index (χ1n) is 11.3. The third-order valence-electron chi connectivity index (χ3n) is 5.99. The minimum absolute atomic E-state index is 0.1000. The number of amides is 2. The van der Waals surface area contributed by atoms with Crippen LogP contribution < -0.4 is 5.32 Å². The zero-order valence-corrected chi connectivity index (χ0v) is 18.5. The Morgan fingerprint density at radius 3 is 2.58 bits per heavy atom. The van der Waals surface area contributed by atoms with Crippen LogP contribution >= 0.6 is 0 Å². The van der Waals surface area contributed by atoms with E-state index in [0.29, 0.717) is 38.8 Å². The lowest BCUT2D eigenvalue weighted by Gasteiger charge is -2.35. The van der Waals surface area contributed by atoms with E-state index >= 15 is 0 Å². The van der Waals surface area contributed by atoms with Crippen LogP contribution in [-0.4, -0.2) is 82.8 Å². The summed E-state index contributed by atoms with van der Waals surface area (Å²) in [6.07, 6.45) is 1.83. The number of ether oxygens (including phenoxy) is 1. The van der Waals surface area contributed by atoms with E-state index < -0.39 is 6.10 Å². The molecule has 8 nitrogen and oxygen atoms in total. The quantitative estimate of drug-likeness (QED) is 0.677. The van der Waals surface area contributed by atoms with Gasteiger partial charge in [-0.1, -0.05) is 18.2 Å². The van der Waals surface area contributed by atoms with Gasteiger partial charge < -0.3 is 14.7 Å². The molecular formula is C23H33N5O3. The highest BCUT2D eigenvalue weighted by molar-refractivity contribution is 5.90. The van der Waals surface area contributed by atoms with E-state index in [0.717, 1.165) is 48.7 Å². The van der Waals surface area contributed by atoms with Crippen molar-refractivity contribution in [1.82, 2.24) is 19.6 Å². The van der Waals surface area contributed by atoms with E-state index in [4.69, 9.17) is 9.84 Å². The van der Waals surface area contributed by atoms with Crippen molar-refractivity contribution in [2.75, 3.05) is 51.3 Å². The van der Waals surface area contributed by atoms with Gasteiger partial charge in [0.1, 0.15) is 5.82 Å². The van der Waals surface area contributed by atoms with E-state index in [9.17, 15) is 9.90 Å². The first-order chi connectivity index (χ1) is 15.1. The summed E-state index contributed by atoms with van der Waals surface area (Å²) in [5, 5.41) is 18.0. The summed E-state index contributed by atoms with van der Waals surface area (Å²) in [4.78, 5) is 17.1. The number of urea groups is 1. The van der Waals surface area contributed by atoms with Crippen molar-refractivity contribution in [2.24, 2.45) is 0 Å². The molecule has 8 heteroatoms. The van der Waals surface area contributed by atoms with Gasteiger partial charge in [0.15, 0.2) is 0 Å². The van der Waals surface area contributed by atoms with Gasteiger partial charge in [0.05, 0.1) is 24.1 Å². The number of rotatable bonds is 8. The first kappa shape index (κ1) is 21.8. The molecule has 0 radical (unpaired) electrons. The van der Waals surface area contributed by atoms with Gasteiger partial charge in [-0.2, -0.15) is 5.10 Å². The fourth-order valence-electron chi connectivity index (χ4n) is 4.08. The molecule has 2 heterocycles. The number of para-hydroxylation sites is 1. The Labute approximate surface area is 183 Å². The van der Waals surface area contributed by atoms with Gasteiger partial charge in [-0.25, -0.2) is 9.48 Å². The highest BCUT2D eigenvalue weighted by Crippen LogP contribution is 2.43. The van der Waals surface area contributed by atoms with Crippen molar-refractivity contribution >= 4 is 11.8 Å². The second-order valence-electron chi connectivity index (χ2n) is 8.41. The van der Waals surface area contributed by atoms with Gasteiger partial charge in [0, 0.05) is 50.8 Å². The highest BCUT2D eigenvalue weighted by Gasteiger charge is 2.32. The largest absolute Gasteiger partial charge is 0.389 e. The van der Waals surface area contributed by atoms with Crippen LogP contribution in [0.4, 0.5) is 10.6 Å². The summed E-state index contributed by atoms with van der Waals surface area (Å²) in [5.74, 6) is 1.26. The van der Waals surface area contributed by atoms with Crippen LogP contribution in [-0.2, 0) is 4.74 Å². The summed E-state index contributed by atoms with van der Waals surface area (Å²) in [6, 6.07) is 9.85. The Bertz CT molecular complexity index is 873. The molecule has 2 N–H and O–H groups in total. The minimum atomic E-state index is -0.496. The van der Waals surface area contributed by atoms with E-state index in [1.165, 1.54) is 0 Å². The maximum absolute atomic E-state index is 13.1. The molecule has 1 aromatic heterocycles. The van der Waals surface area contributed by atoms with Crippen molar-refractivity contribution in [1.29, 1.82) is 0 Å². The normalized spacial score (nSPS) is 18.2. The van der Waals surface area contributed by atoms with Crippen LogP contribution in [0.3, 0.4) is 0 Å². The molecular weight excluding hydrogens is 394 g/mol. The second kappa shape index (κ2) is 9.80. The number of anilines is 1. The number of β-amino-alcohol motifs (C(OH)–C–C–N with tert-alkyl or cyclic N) is 1. The zero-order chi connectivity index (χ0) is 21.8. The molecule has 4 rings (SSSR count). The Morgan fingerprint density at radius 1 is 1.23 bits per heavy atom.